The lowest BCUT2D eigenvalue weighted by molar-refractivity contribution is 0.575. The molecule has 23 heavy (non-hydrogen) atoms. The molecule has 4 aromatic heterocycles. The van der Waals surface area contributed by atoms with Crippen molar-refractivity contribution >= 4 is 28.7 Å². The van der Waals surface area contributed by atoms with Crippen molar-refractivity contribution in [2.75, 3.05) is 0 Å². The summed E-state index contributed by atoms with van der Waals surface area (Å²) in [5.41, 5.74) is 2.64. The first kappa shape index (κ1) is 14.4. The largest absolute Gasteiger partial charge is 0.444 e. The normalized spacial score (nSPS) is 11.4. The van der Waals surface area contributed by atoms with Crippen LogP contribution in [0.1, 0.15) is 17.2 Å². The molecule has 4 aromatic rings. The number of oxazole rings is 1. The van der Waals surface area contributed by atoms with Crippen LogP contribution in [0.4, 0.5) is 0 Å². The van der Waals surface area contributed by atoms with Crippen molar-refractivity contribution in [2.24, 2.45) is 0 Å². The standard InChI is InChI=1S/C15H13N5OS2/c1-9-6-13-18-19-15(20(13)10(2)16-9)23-8-11-7-21-14(17-11)12-4-3-5-22-12/h3-7H,8H2,1-2H3. The van der Waals surface area contributed by atoms with Gasteiger partial charge in [-0.3, -0.25) is 4.40 Å². The number of fused-ring (bicyclic) bond motifs is 1. The number of thiophene rings is 1. The van der Waals surface area contributed by atoms with Gasteiger partial charge in [0.2, 0.25) is 5.89 Å². The van der Waals surface area contributed by atoms with E-state index in [4.69, 9.17) is 4.42 Å². The minimum absolute atomic E-state index is 0.662. The summed E-state index contributed by atoms with van der Waals surface area (Å²) in [5, 5.41) is 11.3. The highest BCUT2D eigenvalue weighted by atomic mass is 32.2. The number of aryl methyl sites for hydroxylation is 2. The summed E-state index contributed by atoms with van der Waals surface area (Å²) in [6, 6.07) is 5.91. The lowest BCUT2D eigenvalue weighted by atomic mass is 10.4. The van der Waals surface area contributed by atoms with Gasteiger partial charge in [0.05, 0.1) is 10.6 Å². The number of nitrogens with zero attached hydrogens (tertiary/aromatic N) is 5. The molecule has 0 atom stereocenters. The van der Waals surface area contributed by atoms with E-state index in [9.17, 15) is 0 Å². The summed E-state index contributed by atoms with van der Waals surface area (Å²) in [7, 11) is 0. The molecule has 0 saturated heterocycles. The quantitative estimate of drug-likeness (QED) is 0.526. The van der Waals surface area contributed by atoms with Gasteiger partial charge in [0.15, 0.2) is 10.8 Å². The van der Waals surface area contributed by atoms with Crippen LogP contribution < -0.4 is 0 Å². The molecule has 0 unspecified atom stereocenters. The molecule has 0 spiro atoms. The zero-order valence-corrected chi connectivity index (χ0v) is 14.2. The molecule has 0 aliphatic rings. The van der Waals surface area contributed by atoms with Gasteiger partial charge in [-0.2, -0.15) is 0 Å². The Morgan fingerprint density at radius 1 is 1.26 bits per heavy atom. The molecule has 0 saturated carbocycles. The average molecular weight is 343 g/mol. The van der Waals surface area contributed by atoms with E-state index in [1.54, 1.807) is 29.4 Å². The Labute approximate surface area is 140 Å². The van der Waals surface area contributed by atoms with E-state index in [-0.39, 0.29) is 0 Å². The molecule has 4 rings (SSSR count). The third-order valence-electron chi connectivity index (χ3n) is 3.29. The summed E-state index contributed by atoms with van der Waals surface area (Å²) in [6.45, 7) is 3.91. The van der Waals surface area contributed by atoms with Crippen LogP contribution in [-0.2, 0) is 5.75 Å². The molecule has 0 aliphatic carbocycles. The average Bonchev–Trinajstić information content (AvgIpc) is 3.25. The van der Waals surface area contributed by atoms with Gasteiger partial charge in [0, 0.05) is 17.5 Å². The number of hydrogen-bond acceptors (Lipinski definition) is 7. The molecular formula is C15H13N5OS2. The maximum atomic E-state index is 5.54. The number of aromatic nitrogens is 5. The fourth-order valence-corrected chi connectivity index (χ4v) is 3.84. The van der Waals surface area contributed by atoms with Gasteiger partial charge >= 0.3 is 0 Å². The first-order chi connectivity index (χ1) is 11.2. The zero-order valence-electron chi connectivity index (χ0n) is 12.6. The first-order valence-electron chi connectivity index (χ1n) is 7.01. The maximum absolute atomic E-state index is 5.54. The van der Waals surface area contributed by atoms with E-state index in [1.807, 2.05) is 41.8 Å². The van der Waals surface area contributed by atoms with E-state index in [1.165, 1.54) is 0 Å². The maximum Gasteiger partial charge on any atom is 0.236 e. The third-order valence-corrected chi connectivity index (χ3v) is 5.11. The van der Waals surface area contributed by atoms with Crippen LogP contribution in [0.25, 0.3) is 16.4 Å². The van der Waals surface area contributed by atoms with E-state index in [2.05, 4.69) is 20.2 Å². The van der Waals surface area contributed by atoms with Crippen molar-refractivity contribution in [2.45, 2.75) is 24.8 Å². The van der Waals surface area contributed by atoms with Gasteiger partial charge in [-0.25, -0.2) is 9.97 Å². The highest BCUT2D eigenvalue weighted by Gasteiger charge is 2.12. The summed E-state index contributed by atoms with van der Waals surface area (Å²) in [4.78, 5) is 10.0. The summed E-state index contributed by atoms with van der Waals surface area (Å²) in [5.74, 6) is 2.21. The predicted octanol–water partition coefficient (Wildman–Crippen LogP) is 3.75. The van der Waals surface area contributed by atoms with Crippen molar-refractivity contribution in [1.29, 1.82) is 0 Å². The van der Waals surface area contributed by atoms with Crippen molar-refractivity contribution < 1.29 is 4.42 Å². The van der Waals surface area contributed by atoms with Crippen LogP contribution >= 0.6 is 23.1 Å². The first-order valence-corrected chi connectivity index (χ1v) is 8.88. The Kier molecular flexibility index (Phi) is 3.62. The SMILES string of the molecule is Cc1cc2nnc(SCc3coc(-c4cccs4)n3)n2c(C)n1. The lowest BCUT2D eigenvalue weighted by Gasteiger charge is -2.02. The second-order valence-corrected chi connectivity index (χ2v) is 6.92. The van der Waals surface area contributed by atoms with E-state index in [0.29, 0.717) is 11.6 Å². The van der Waals surface area contributed by atoms with Crippen LogP contribution in [0, 0.1) is 13.8 Å². The molecule has 0 amide bonds. The van der Waals surface area contributed by atoms with Crippen molar-refractivity contribution in [3.63, 3.8) is 0 Å². The minimum Gasteiger partial charge on any atom is -0.444 e. The van der Waals surface area contributed by atoms with Gasteiger partial charge in [-0.15, -0.1) is 21.5 Å². The molecule has 0 bridgehead atoms. The number of rotatable bonds is 4. The van der Waals surface area contributed by atoms with Crippen LogP contribution in [0.3, 0.4) is 0 Å². The second-order valence-electron chi connectivity index (χ2n) is 5.03. The molecule has 116 valence electrons. The topological polar surface area (TPSA) is 69.1 Å². The van der Waals surface area contributed by atoms with Gasteiger partial charge in [0.1, 0.15) is 12.1 Å². The van der Waals surface area contributed by atoms with Gasteiger partial charge in [-0.1, -0.05) is 17.8 Å². The molecule has 4 heterocycles. The van der Waals surface area contributed by atoms with Crippen LogP contribution in [0.2, 0.25) is 0 Å². The molecule has 0 N–H and O–H groups in total. The highest BCUT2D eigenvalue weighted by Crippen LogP contribution is 2.27. The van der Waals surface area contributed by atoms with Crippen LogP contribution in [0.5, 0.6) is 0 Å². The molecule has 0 fully saturated rings. The Morgan fingerprint density at radius 3 is 3.00 bits per heavy atom. The van der Waals surface area contributed by atoms with Gasteiger partial charge in [-0.05, 0) is 25.3 Å². The van der Waals surface area contributed by atoms with Crippen LogP contribution in [0.15, 0.2) is 39.4 Å². The van der Waals surface area contributed by atoms with Crippen molar-refractivity contribution in [3.8, 4) is 10.8 Å². The zero-order chi connectivity index (χ0) is 15.8. The molecule has 0 aliphatic heterocycles. The minimum atomic E-state index is 0.662. The molecule has 6 nitrogen and oxygen atoms in total. The monoisotopic (exact) mass is 343 g/mol. The van der Waals surface area contributed by atoms with E-state index >= 15 is 0 Å². The lowest BCUT2D eigenvalue weighted by Crippen LogP contribution is -1.98. The van der Waals surface area contributed by atoms with Gasteiger partial charge < -0.3 is 4.42 Å². The Bertz CT molecular complexity index is 958. The molecule has 0 aromatic carbocycles. The van der Waals surface area contributed by atoms with E-state index in [0.717, 1.165) is 32.9 Å². The second kappa shape index (κ2) is 5.78. The fourth-order valence-electron chi connectivity index (χ4n) is 2.32. The van der Waals surface area contributed by atoms with Crippen molar-refractivity contribution in [1.82, 2.24) is 24.6 Å². The molecule has 8 heteroatoms. The van der Waals surface area contributed by atoms with Crippen LogP contribution in [-0.4, -0.2) is 24.6 Å². The number of hydrogen-bond donors (Lipinski definition) is 0. The summed E-state index contributed by atoms with van der Waals surface area (Å²) < 4.78 is 7.49. The smallest absolute Gasteiger partial charge is 0.236 e. The van der Waals surface area contributed by atoms with Gasteiger partial charge in [0.25, 0.3) is 0 Å². The summed E-state index contributed by atoms with van der Waals surface area (Å²) >= 11 is 3.18. The third kappa shape index (κ3) is 2.75. The Morgan fingerprint density at radius 2 is 2.17 bits per heavy atom. The molecule has 0 radical (unpaired) electrons. The Hall–Kier alpha value is -2.19. The summed E-state index contributed by atoms with van der Waals surface area (Å²) in [6.07, 6.45) is 1.69. The highest BCUT2D eigenvalue weighted by molar-refractivity contribution is 7.98. The molecular weight excluding hydrogens is 330 g/mol. The van der Waals surface area contributed by atoms with E-state index < -0.39 is 0 Å². The van der Waals surface area contributed by atoms with Crippen molar-refractivity contribution in [3.05, 3.63) is 47.1 Å². The number of thioether (sulfide) groups is 1. The predicted molar refractivity (Wildman–Crippen MR) is 89.6 cm³/mol. The Balaban J connectivity index is 1.56. The fraction of sp³-hybridized carbons (Fsp3) is 0.200.